The average Bonchev–Trinajstić information content (AvgIpc) is 2.26. The van der Waals surface area contributed by atoms with E-state index in [0.29, 0.717) is 18.7 Å². The van der Waals surface area contributed by atoms with Crippen molar-refractivity contribution in [3.8, 4) is 0 Å². The minimum Gasteiger partial charge on any atom is -0.465 e. The number of esters is 1. The zero-order chi connectivity index (χ0) is 13.8. The zero-order valence-corrected chi connectivity index (χ0v) is 12.5. The van der Waals surface area contributed by atoms with E-state index in [9.17, 15) is 4.79 Å². The number of hydrogen-bond acceptors (Lipinski definition) is 4. The Balaban J connectivity index is 2.57. The zero-order valence-electron chi connectivity index (χ0n) is 12.5. The third kappa shape index (κ3) is 3.45. The van der Waals surface area contributed by atoms with Gasteiger partial charge in [-0.3, -0.25) is 4.79 Å². The summed E-state index contributed by atoms with van der Waals surface area (Å²) >= 11 is 0. The Labute approximate surface area is 111 Å². The maximum Gasteiger partial charge on any atom is 0.326 e. The van der Waals surface area contributed by atoms with Crippen LogP contribution in [0.3, 0.4) is 0 Å². The summed E-state index contributed by atoms with van der Waals surface area (Å²) in [6.07, 6.45) is 4.69. The molecular formula is C14H28N2O2. The van der Waals surface area contributed by atoms with Crippen LogP contribution in [0, 0.1) is 0 Å². The number of ether oxygens (including phenoxy) is 1. The molecule has 4 heteroatoms. The van der Waals surface area contributed by atoms with Gasteiger partial charge in [0.25, 0.3) is 0 Å². The van der Waals surface area contributed by atoms with E-state index in [0.717, 1.165) is 6.42 Å². The summed E-state index contributed by atoms with van der Waals surface area (Å²) in [6, 6.07) is 1.07. The number of likely N-dealkylation sites (N-methyl/N-ethyl adjacent to an activating group) is 1. The molecule has 106 valence electrons. The molecule has 1 rings (SSSR count). The molecule has 1 aliphatic carbocycles. The van der Waals surface area contributed by atoms with Crippen molar-refractivity contribution >= 4 is 5.97 Å². The van der Waals surface area contributed by atoms with Gasteiger partial charge in [-0.15, -0.1) is 0 Å². The molecule has 0 aromatic carbocycles. The van der Waals surface area contributed by atoms with E-state index in [4.69, 9.17) is 4.74 Å². The first kappa shape index (κ1) is 15.4. The highest BCUT2D eigenvalue weighted by Crippen LogP contribution is 2.27. The largest absolute Gasteiger partial charge is 0.465 e. The normalized spacial score (nSPS) is 21.2. The lowest BCUT2D eigenvalue weighted by Gasteiger charge is -2.41. The molecule has 0 spiro atoms. The van der Waals surface area contributed by atoms with E-state index in [2.05, 4.69) is 24.2 Å². The molecule has 0 saturated heterocycles. The van der Waals surface area contributed by atoms with Crippen LogP contribution in [0.5, 0.6) is 0 Å². The monoisotopic (exact) mass is 256 g/mol. The van der Waals surface area contributed by atoms with E-state index < -0.39 is 5.54 Å². The number of carbonyl (C=O) groups excluding carboxylic acids is 1. The van der Waals surface area contributed by atoms with E-state index >= 15 is 0 Å². The van der Waals surface area contributed by atoms with Gasteiger partial charge in [-0.05, 0) is 54.1 Å². The second-order valence-corrected chi connectivity index (χ2v) is 5.61. The minimum atomic E-state index is -0.590. The van der Waals surface area contributed by atoms with Crippen molar-refractivity contribution in [1.29, 1.82) is 0 Å². The SMILES string of the molecule is CCOC(=O)C(C)(CC(C)N(C)C1CCC1)NC. The second kappa shape index (κ2) is 6.53. The lowest BCUT2D eigenvalue weighted by molar-refractivity contribution is -0.151. The molecule has 0 radical (unpaired) electrons. The van der Waals surface area contributed by atoms with Crippen LogP contribution in [0.15, 0.2) is 0 Å². The Morgan fingerprint density at radius 2 is 2.17 bits per heavy atom. The summed E-state index contributed by atoms with van der Waals surface area (Å²) in [4.78, 5) is 14.4. The lowest BCUT2D eigenvalue weighted by atomic mass is 9.88. The smallest absolute Gasteiger partial charge is 0.326 e. The van der Waals surface area contributed by atoms with Crippen LogP contribution in [0.2, 0.25) is 0 Å². The van der Waals surface area contributed by atoms with Gasteiger partial charge in [0.2, 0.25) is 0 Å². The Kier molecular flexibility index (Phi) is 5.60. The van der Waals surface area contributed by atoms with Crippen molar-refractivity contribution in [2.24, 2.45) is 0 Å². The van der Waals surface area contributed by atoms with Gasteiger partial charge in [0.05, 0.1) is 6.61 Å². The summed E-state index contributed by atoms with van der Waals surface area (Å²) in [5.41, 5.74) is -0.590. The van der Waals surface area contributed by atoms with Crippen LogP contribution < -0.4 is 5.32 Å². The minimum absolute atomic E-state index is 0.152. The maximum atomic E-state index is 12.0. The van der Waals surface area contributed by atoms with Gasteiger partial charge >= 0.3 is 5.97 Å². The number of nitrogens with one attached hydrogen (secondary N) is 1. The third-order valence-corrected chi connectivity index (χ3v) is 4.33. The average molecular weight is 256 g/mol. The van der Waals surface area contributed by atoms with Crippen LogP contribution in [-0.4, -0.2) is 49.2 Å². The maximum absolute atomic E-state index is 12.0. The van der Waals surface area contributed by atoms with Crippen LogP contribution in [0.4, 0.5) is 0 Å². The topological polar surface area (TPSA) is 41.6 Å². The van der Waals surface area contributed by atoms with E-state index in [-0.39, 0.29) is 5.97 Å². The molecule has 0 heterocycles. The number of carbonyl (C=O) groups is 1. The number of rotatable bonds is 7. The molecule has 1 N–H and O–H groups in total. The summed E-state index contributed by atoms with van der Waals surface area (Å²) in [7, 11) is 3.99. The molecule has 2 atom stereocenters. The van der Waals surface area contributed by atoms with Gasteiger partial charge in [0.15, 0.2) is 0 Å². The molecule has 0 aromatic rings. The first-order chi connectivity index (χ1) is 8.44. The summed E-state index contributed by atoms with van der Waals surface area (Å²) < 4.78 is 5.16. The summed E-state index contributed by atoms with van der Waals surface area (Å²) in [5.74, 6) is -0.152. The van der Waals surface area contributed by atoms with E-state index in [1.165, 1.54) is 19.3 Å². The van der Waals surface area contributed by atoms with Crippen molar-refractivity contribution in [3.05, 3.63) is 0 Å². The highest BCUT2D eigenvalue weighted by molar-refractivity contribution is 5.80. The standard InChI is InChI=1S/C14H28N2O2/c1-6-18-13(17)14(3,15-4)10-11(2)16(5)12-8-7-9-12/h11-12,15H,6-10H2,1-5H3. The van der Waals surface area contributed by atoms with E-state index in [1.807, 2.05) is 20.9 Å². The predicted octanol–water partition coefficient (Wildman–Crippen LogP) is 1.79. The van der Waals surface area contributed by atoms with Crippen molar-refractivity contribution in [3.63, 3.8) is 0 Å². The van der Waals surface area contributed by atoms with Crippen molar-refractivity contribution in [2.75, 3.05) is 20.7 Å². The molecular weight excluding hydrogens is 228 g/mol. The molecule has 0 aromatic heterocycles. The van der Waals surface area contributed by atoms with Gasteiger partial charge in [-0.25, -0.2) is 0 Å². The number of hydrogen-bond donors (Lipinski definition) is 1. The van der Waals surface area contributed by atoms with Crippen LogP contribution in [0.25, 0.3) is 0 Å². The summed E-state index contributed by atoms with van der Waals surface area (Å²) in [6.45, 7) is 6.39. The van der Waals surface area contributed by atoms with Crippen molar-refractivity contribution < 1.29 is 9.53 Å². The van der Waals surface area contributed by atoms with Crippen LogP contribution in [0.1, 0.15) is 46.5 Å². The number of nitrogens with zero attached hydrogens (tertiary/aromatic N) is 1. The molecule has 1 fully saturated rings. The highest BCUT2D eigenvalue weighted by Gasteiger charge is 2.37. The molecule has 0 bridgehead atoms. The quantitative estimate of drug-likeness (QED) is 0.705. The molecule has 18 heavy (non-hydrogen) atoms. The van der Waals surface area contributed by atoms with E-state index in [1.54, 1.807) is 0 Å². The highest BCUT2D eigenvalue weighted by atomic mass is 16.5. The Bertz CT molecular complexity index is 279. The Morgan fingerprint density at radius 3 is 2.56 bits per heavy atom. The second-order valence-electron chi connectivity index (χ2n) is 5.61. The first-order valence-electron chi connectivity index (χ1n) is 7.02. The van der Waals surface area contributed by atoms with Crippen molar-refractivity contribution in [1.82, 2.24) is 10.2 Å². The van der Waals surface area contributed by atoms with Crippen molar-refractivity contribution in [2.45, 2.75) is 64.1 Å². The molecule has 0 aliphatic heterocycles. The van der Waals surface area contributed by atoms with Gasteiger partial charge in [-0.2, -0.15) is 0 Å². The molecule has 4 nitrogen and oxygen atoms in total. The predicted molar refractivity (Wildman–Crippen MR) is 73.6 cm³/mol. The fourth-order valence-electron chi connectivity index (χ4n) is 2.47. The van der Waals surface area contributed by atoms with Gasteiger partial charge in [-0.1, -0.05) is 6.42 Å². The molecule has 1 aliphatic rings. The van der Waals surface area contributed by atoms with Gasteiger partial charge in [0, 0.05) is 12.1 Å². The van der Waals surface area contributed by atoms with Gasteiger partial charge < -0.3 is 15.0 Å². The third-order valence-electron chi connectivity index (χ3n) is 4.33. The van der Waals surface area contributed by atoms with Crippen LogP contribution in [-0.2, 0) is 9.53 Å². The first-order valence-corrected chi connectivity index (χ1v) is 7.02. The molecule has 0 amide bonds. The van der Waals surface area contributed by atoms with Crippen LogP contribution >= 0.6 is 0 Å². The Hall–Kier alpha value is -0.610. The molecule has 1 saturated carbocycles. The summed E-state index contributed by atoms with van der Waals surface area (Å²) in [5, 5.41) is 3.12. The van der Waals surface area contributed by atoms with Gasteiger partial charge in [0.1, 0.15) is 5.54 Å². The fraction of sp³-hybridized carbons (Fsp3) is 0.929. The lowest BCUT2D eigenvalue weighted by Crippen LogP contribution is -2.54. The fourth-order valence-corrected chi connectivity index (χ4v) is 2.47. The Morgan fingerprint density at radius 1 is 1.56 bits per heavy atom. The molecule has 2 unspecified atom stereocenters.